The molecule has 26 heavy (non-hydrogen) atoms. The van der Waals surface area contributed by atoms with Gasteiger partial charge in [0.2, 0.25) is 0 Å². The molecule has 0 bridgehead atoms. The van der Waals surface area contributed by atoms with Crippen LogP contribution in [0.5, 0.6) is 0 Å². The van der Waals surface area contributed by atoms with E-state index in [1.165, 1.54) is 0 Å². The number of aromatic amines is 1. The first-order valence-corrected chi connectivity index (χ1v) is 10.8. The van der Waals surface area contributed by atoms with E-state index < -0.39 is 9.84 Å². The number of fused-ring (bicyclic) bond motifs is 1. The van der Waals surface area contributed by atoms with Crippen LogP contribution in [0.25, 0.3) is 11.0 Å². The van der Waals surface area contributed by atoms with Crippen molar-refractivity contribution >= 4 is 26.7 Å². The third kappa shape index (κ3) is 3.05. The van der Waals surface area contributed by atoms with Gasteiger partial charge in [0, 0.05) is 25.2 Å². The quantitative estimate of drug-likeness (QED) is 0.862. The van der Waals surface area contributed by atoms with E-state index in [-0.39, 0.29) is 22.8 Å². The molecule has 0 amide bonds. The molecule has 2 aliphatic carbocycles. The van der Waals surface area contributed by atoms with Crippen LogP contribution >= 0.6 is 0 Å². The van der Waals surface area contributed by atoms with Crippen LogP contribution in [-0.4, -0.2) is 47.5 Å². The predicted octanol–water partition coefficient (Wildman–Crippen LogP) is 2.28. The molecule has 0 aliphatic heterocycles. The number of nitrogens with zero attached hydrogens (tertiary/aromatic N) is 4. The zero-order chi connectivity index (χ0) is 18.3. The van der Waals surface area contributed by atoms with E-state index in [2.05, 4.69) is 25.9 Å². The first kappa shape index (κ1) is 17.3. The van der Waals surface area contributed by atoms with Gasteiger partial charge >= 0.3 is 0 Å². The lowest BCUT2D eigenvalue weighted by Gasteiger charge is -2.42. The van der Waals surface area contributed by atoms with Crippen molar-refractivity contribution < 1.29 is 8.42 Å². The average molecular weight is 373 g/mol. The zero-order valence-electron chi connectivity index (χ0n) is 14.8. The SMILES string of the molecule is CN(c1ncnc2[nH]ccc12)C1CC(CS(=O)(=O)[C@@H]2CC[C@H](C#N)C2)C1. The largest absolute Gasteiger partial charge is 0.356 e. The summed E-state index contributed by atoms with van der Waals surface area (Å²) in [5.41, 5.74) is 0.814. The molecule has 0 saturated heterocycles. The second-order valence-corrected chi connectivity index (χ2v) is 9.96. The fourth-order valence-electron chi connectivity index (χ4n) is 4.31. The monoisotopic (exact) mass is 373 g/mol. The van der Waals surface area contributed by atoms with Crippen molar-refractivity contribution in [2.45, 2.75) is 43.4 Å². The van der Waals surface area contributed by atoms with E-state index in [1.807, 2.05) is 19.3 Å². The van der Waals surface area contributed by atoms with Crippen LogP contribution < -0.4 is 4.90 Å². The Hall–Kier alpha value is -2.14. The topological polar surface area (TPSA) is 103 Å². The smallest absolute Gasteiger partial charge is 0.153 e. The number of sulfone groups is 1. The van der Waals surface area contributed by atoms with Crippen molar-refractivity contribution in [2.75, 3.05) is 17.7 Å². The number of hydrogen-bond donors (Lipinski definition) is 1. The van der Waals surface area contributed by atoms with Gasteiger partial charge in [-0.3, -0.25) is 0 Å². The molecule has 7 nitrogen and oxygen atoms in total. The first-order chi connectivity index (χ1) is 12.5. The fourth-order valence-corrected chi connectivity index (χ4v) is 6.54. The van der Waals surface area contributed by atoms with Crippen molar-refractivity contribution in [3.8, 4) is 6.07 Å². The van der Waals surface area contributed by atoms with Crippen molar-refractivity contribution in [1.82, 2.24) is 15.0 Å². The van der Waals surface area contributed by atoms with Gasteiger partial charge < -0.3 is 9.88 Å². The third-order valence-electron chi connectivity index (χ3n) is 5.97. The van der Waals surface area contributed by atoms with Crippen LogP contribution in [0.1, 0.15) is 32.1 Å². The van der Waals surface area contributed by atoms with E-state index in [0.29, 0.717) is 18.9 Å². The van der Waals surface area contributed by atoms with Gasteiger partial charge in [-0.15, -0.1) is 0 Å². The molecule has 2 heterocycles. The molecule has 0 radical (unpaired) electrons. The van der Waals surface area contributed by atoms with Gasteiger partial charge in [0.25, 0.3) is 0 Å². The average Bonchev–Trinajstić information content (AvgIpc) is 3.25. The number of H-pyrrole nitrogens is 1. The van der Waals surface area contributed by atoms with Gasteiger partial charge in [-0.05, 0) is 44.1 Å². The van der Waals surface area contributed by atoms with Gasteiger partial charge in [-0.25, -0.2) is 18.4 Å². The van der Waals surface area contributed by atoms with Crippen molar-refractivity contribution in [1.29, 1.82) is 5.26 Å². The Morgan fingerprint density at radius 1 is 1.31 bits per heavy atom. The summed E-state index contributed by atoms with van der Waals surface area (Å²) in [6.45, 7) is 0. The molecule has 1 N–H and O–H groups in total. The van der Waals surface area contributed by atoms with Crippen LogP contribution in [-0.2, 0) is 9.84 Å². The van der Waals surface area contributed by atoms with Gasteiger partial charge in [0.05, 0.1) is 22.5 Å². The van der Waals surface area contributed by atoms with E-state index in [4.69, 9.17) is 5.26 Å². The van der Waals surface area contributed by atoms with E-state index in [9.17, 15) is 8.42 Å². The van der Waals surface area contributed by atoms with Crippen molar-refractivity contribution in [3.05, 3.63) is 18.6 Å². The Labute approximate surface area is 153 Å². The highest BCUT2D eigenvalue weighted by Gasteiger charge is 2.40. The third-order valence-corrected chi connectivity index (χ3v) is 8.35. The summed E-state index contributed by atoms with van der Waals surface area (Å²) in [6, 6.07) is 4.48. The van der Waals surface area contributed by atoms with Crippen molar-refractivity contribution in [2.24, 2.45) is 11.8 Å². The lowest BCUT2D eigenvalue weighted by atomic mass is 9.81. The lowest BCUT2D eigenvalue weighted by Crippen LogP contribution is -2.46. The zero-order valence-corrected chi connectivity index (χ0v) is 15.6. The predicted molar refractivity (Wildman–Crippen MR) is 99.3 cm³/mol. The summed E-state index contributed by atoms with van der Waals surface area (Å²) in [6.07, 6.45) is 7.00. The molecule has 138 valence electrons. The second kappa shape index (κ2) is 6.54. The Morgan fingerprint density at radius 3 is 2.85 bits per heavy atom. The standard InChI is InChI=1S/C18H23N5O2S/c1-23(18-16-4-5-20-17(16)21-11-22-18)14-6-13(7-14)10-26(24,25)15-3-2-12(8-15)9-19/h4-5,11-15H,2-3,6-8,10H2,1H3,(H,20,21,22)/t12-,13?,14?,15+/m0/s1. The maximum absolute atomic E-state index is 12.6. The molecule has 2 atom stereocenters. The van der Waals surface area contributed by atoms with E-state index >= 15 is 0 Å². The Balaban J connectivity index is 1.37. The summed E-state index contributed by atoms with van der Waals surface area (Å²) < 4.78 is 25.3. The number of rotatable bonds is 5. The molecule has 4 rings (SSSR count). The second-order valence-electron chi connectivity index (χ2n) is 7.63. The maximum Gasteiger partial charge on any atom is 0.153 e. The maximum atomic E-state index is 12.6. The van der Waals surface area contributed by atoms with Crippen LogP contribution in [0.4, 0.5) is 5.82 Å². The molecular formula is C18H23N5O2S. The number of aromatic nitrogens is 3. The molecule has 0 spiro atoms. The van der Waals surface area contributed by atoms with E-state index in [1.54, 1.807) is 6.33 Å². The molecule has 2 saturated carbocycles. The highest BCUT2D eigenvalue weighted by Crippen LogP contribution is 2.38. The van der Waals surface area contributed by atoms with Crippen LogP contribution in [0.3, 0.4) is 0 Å². The van der Waals surface area contributed by atoms with Crippen LogP contribution in [0.15, 0.2) is 18.6 Å². The summed E-state index contributed by atoms with van der Waals surface area (Å²) in [7, 11) is -1.09. The molecule has 2 aromatic heterocycles. The molecular weight excluding hydrogens is 350 g/mol. The number of nitriles is 1. The highest BCUT2D eigenvalue weighted by molar-refractivity contribution is 7.92. The summed E-state index contributed by atoms with van der Waals surface area (Å²) >= 11 is 0. The highest BCUT2D eigenvalue weighted by atomic mass is 32.2. The molecule has 8 heteroatoms. The molecule has 2 aliphatic rings. The molecule has 0 unspecified atom stereocenters. The Bertz CT molecular complexity index is 942. The van der Waals surface area contributed by atoms with Crippen LogP contribution in [0.2, 0.25) is 0 Å². The summed E-state index contributed by atoms with van der Waals surface area (Å²) in [5.74, 6) is 1.26. The van der Waals surface area contributed by atoms with Crippen LogP contribution in [0, 0.1) is 23.2 Å². The number of anilines is 1. The molecule has 2 aromatic rings. The van der Waals surface area contributed by atoms with E-state index in [0.717, 1.165) is 36.1 Å². The minimum Gasteiger partial charge on any atom is -0.356 e. The normalized spacial score (nSPS) is 28.6. The van der Waals surface area contributed by atoms with Gasteiger partial charge in [-0.1, -0.05) is 0 Å². The Morgan fingerprint density at radius 2 is 2.12 bits per heavy atom. The van der Waals surface area contributed by atoms with Gasteiger partial charge in [0.15, 0.2) is 9.84 Å². The first-order valence-electron chi connectivity index (χ1n) is 9.10. The lowest BCUT2D eigenvalue weighted by molar-refractivity contribution is 0.281. The van der Waals surface area contributed by atoms with Gasteiger partial charge in [-0.2, -0.15) is 5.26 Å². The Kier molecular flexibility index (Phi) is 4.35. The summed E-state index contributed by atoms with van der Waals surface area (Å²) in [4.78, 5) is 13.9. The molecule has 2 fully saturated rings. The minimum absolute atomic E-state index is 0.0865. The summed E-state index contributed by atoms with van der Waals surface area (Å²) in [5, 5.41) is 9.66. The minimum atomic E-state index is -3.10. The molecule has 0 aromatic carbocycles. The number of nitrogens with one attached hydrogen (secondary N) is 1. The fraction of sp³-hybridized carbons (Fsp3) is 0.611. The number of hydrogen-bond acceptors (Lipinski definition) is 6. The van der Waals surface area contributed by atoms with Gasteiger partial charge in [0.1, 0.15) is 17.8 Å². The van der Waals surface area contributed by atoms with Crippen molar-refractivity contribution in [3.63, 3.8) is 0 Å².